The number of amides is 2. The minimum Gasteiger partial charge on any atom is -0.384 e. The van der Waals surface area contributed by atoms with Crippen molar-refractivity contribution in [2.45, 2.75) is 32.6 Å². The number of ether oxygens (including phenoxy) is 1. The molecule has 3 rings (SSSR count). The van der Waals surface area contributed by atoms with Gasteiger partial charge in [-0.05, 0) is 36.5 Å². The Morgan fingerprint density at radius 1 is 1.14 bits per heavy atom. The summed E-state index contributed by atoms with van der Waals surface area (Å²) in [7, 11) is 3.39. The minimum absolute atomic E-state index is 0.0101. The molecule has 3 aliphatic rings. The predicted molar refractivity (Wildman–Crippen MR) is 83.9 cm³/mol. The van der Waals surface area contributed by atoms with Crippen LogP contribution >= 0.6 is 0 Å². The highest BCUT2D eigenvalue weighted by Crippen LogP contribution is 2.48. The number of hydrogen-bond acceptors (Lipinski definition) is 3. The Hall–Kier alpha value is -1.16. The van der Waals surface area contributed by atoms with Crippen molar-refractivity contribution in [3.8, 4) is 0 Å². The van der Waals surface area contributed by atoms with Crippen LogP contribution in [0.4, 0.5) is 0 Å². The number of carbonyl (C=O) groups excluding carboxylic acids is 2. The van der Waals surface area contributed by atoms with Crippen LogP contribution in [0.1, 0.15) is 32.6 Å². The zero-order valence-electron chi connectivity index (χ0n) is 13.8. The maximum Gasteiger partial charge on any atom is 0.233 e. The number of carbonyl (C=O) groups is 2. The largest absolute Gasteiger partial charge is 0.384 e. The van der Waals surface area contributed by atoms with E-state index in [1.807, 2.05) is 0 Å². The van der Waals surface area contributed by atoms with Gasteiger partial charge in [0, 0.05) is 20.8 Å². The van der Waals surface area contributed by atoms with Crippen LogP contribution < -0.4 is 0 Å². The van der Waals surface area contributed by atoms with E-state index in [0.717, 1.165) is 13.0 Å². The molecule has 0 spiro atoms. The first-order chi connectivity index (χ1) is 10.6. The van der Waals surface area contributed by atoms with Crippen molar-refractivity contribution in [1.82, 2.24) is 4.90 Å². The molecule has 2 amide bonds. The lowest BCUT2D eigenvalue weighted by Gasteiger charge is -2.41. The van der Waals surface area contributed by atoms with Gasteiger partial charge in [-0.25, -0.2) is 0 Å². The predicted octanol–water partition coefficient (Wildman–Crippen LogP) is 2.49. The highest BCUT2D eigenvalue weighted by Gasteiger charge is 2.54. The third kappa shape index (κ3) is 2.41. The maximum atomic E-state index is 12.7. The fourth-order valence-corrected chi connectivity index (χ4v) is 4.94. The molecular weight excluding hydrogens is 278 g/mol. The van der Waals surface area contributed by atoms with Gasteiger partial charge in [0.1, 0.15) is 0 Å². The standard InChI is InChI=1S/C18H27NO3/c1-11-8-9-14(13-7-5-4-6-12(13)10-22-3)16-15(11)17(20)19(2)18(16)21/h8-9,11-16H,4-7,10H2,1-3H3/t11-,12-,13+,14-,15-,16+/m0/s1. The zero-order valence-corrected chi connectivity index (χ0v) is 13.8. The van der Waals surface area contributed by atoms with Crippen molar-refractivity contribution in [3.63, 3.8) is 0 Å². The molecule has 0 aromatic heterocycles. The molecule has 4 heteroatoms. The molecule has 1 saturated carbocycles. The second-order valence-corrected chi connectivity index (χ2v) is 7.27. The molecule has 1 heterocycles. The number of hydrogen-bond donors (Lipinski definition) is 0. The van der Waals surface area contributed by atoms with E-state index < -0.39 is 0 Å². The van der Waals surface area contributed by atoms with Crippen LogP contribution in [0, 0.1) is 35.5 Å². The summed E-state index contributed by atoms with van der Waals surface area (Å²) >= 11 is 0. The molecule has 2 fully saturated rings. The van der Waals surface area contributed by atoms with Gasteiger partial charge in [0.15, 0.2) is 0 Å². The molecule has 0 N–H and O–H groups in total. The molecule has 6 atom stereocenters. The topological polar surface area (TPSA) is 46.6 Å². The van der Waals surface area contributed by atoms with Gasteiger partial charge in [0.25, 0.3) is 0 Å². The molecule has 0 radical (unpaired) electrons. The number of likely N-dealkylation sites (tertiary alicyclic amines) is 1. The quantitative estimate of drug-likeness (QED) is 0.594. The van der Waals surface area contributed by atoms with Crippen molar-refractivity contribution >= 4 is 11.8 Å². The third-order valence-electron chi connectivity index (χ3n) is 6.08. The fourth-order valence-electron chi connectivity index (χ4n) is 4.94. The molecule has 0 unspecified atom stereocenters. The zero-order chi connectivity index (χ0) is 15.9. The van der Waals surface area contributed by atoms with Crippen LogP contribution in [-0.2, 0) is 14.3 Å². The van der Waals surface area contributed by atoms with E-state index in [-0.39, 0.29) is 35.5 Å². The average Bonchev–Trinajstić information content (AvgIpc) is 2.75. The lowest BCUT2D eigenvalue weighted by molar-refractivity contribution is -0.138. The third-order valence-corrected chi connectivity index (χ3v) is 6.08. The van der Waals surface area contributed by atoms with Crippen LogP contribution in [0.2, 0.25) is 0 Å². The summed E-state index contributed by atoms with van der Waals surface area (Å²) in [6.07, 6.45) is 9.18. The Balaban J connectivity index is 1.90. The monoisotopic (exact) mass is 305 g/mol. The van der Waals surface area contributed by atoms with E-state index in [0.29, 0.717) is 11.8 Å². The first-order valence-electron chi connectivity index (χ1n) is 8.55. The van der Waals surface area contributed by atoms with Crippen LogP contribution in [0.3, 0.4) is 0 Å². The molecule has 0 aromatic rings. The van der Waals surface area contributed by atoms with Crippen LogP contribution in [0.5, 0.6) is 0 Å². The number of methoxy groups -OCH3 is 1. The van der Waals surface area contributed by atoms with E-state index in [9.17, 15) is 9.59 Å². The number of allylic oxidation sites excluding steroid dienone is 2. The van der Waals surface area contributed by atoms with Crippen molar-refractivity contribution in [2.24, 2.45) is 35.5 Å². The van der Waals surface area contributed by atoms with Gasteiger partial charge in [-0.2, -0.15) is 0 Å². The molecule has 122 valence electrons. The van der Waals surface area contributed by atoms with E-state index >= 15 is 0 Å². The molecule has 1 saturated heterocycles. The summed E-state index contributed by atoms with van der Waals surface area (Å²) in [5, 5.41) is 0. The maximum absolute atomic E-state index is 12.7. The van der Waals surface area contributed by atoms with E-state index in [1.165, 1.54) is 24.2 Å². The molecule has 22 heavy (non-hydrogen) atoms. The second kappa shape index (κ2) is 6.15. The molecule has 0 bridgehead atoms. The van der Waals surface area contributed by atoms with Gasteiger partial charge in [-0.3, -0.25) is 14.5 Å². The summed E-state index contributed by atoms with van der Waals surface area (Å²) in [6, 6.07) is 0. The van der Waals surface area contributed by atoms with Crippen LogP contribution in [-0.4, -0.2) is 37.5 Å². The first kappa shape index (κ1) is 15.7. The van der Waals surface area contributed by atoms with Gasteiger partial charge in [0.05, 0.1) is 11.8 Å². The molecule has 2 aliphatic carbocycles. The molecule has 1 aliphatic heterocycles. The van der Waals surface area contributed by atoms with Gasteiger partial charge in [0.2, 0.25) is 11.8 Å². The highest BCUT2D eigenvalue weighted by atomic mass is 16.5. The Bertz CT molecular complexity index is 485. The summed E-state index contributed by atoms with van der Waals surface area (Å²) in [6.45, 7) is 2.82. The SMILES string of the molecule is COC[C@@H]1CCCC[C@H]1[C@@H]1C=C[C@H](C)[C@@H]2C(=O)N(C)C(=O)[C@H]12. The second-order valence-electron chi connectivity index (χ2n) is 7.27. The summed E-state index contributed by atoms with van der Waals surface area (Å²) < 4.78 is 5.42. The summed E-state index contributed by atoms with van der Waals surface area (Å²) in [5.41, 5.74) is 0. The van der Waals surface area contributed by atoms with Crippen molar-refractivity contribution in [1.29, 1.82) is 0 Å². The Kier molecular flexibility index (Phi) is 4.40. The number of imide groups is 1. The van der Waals surface area contributed by atoms with Gasteiger partial charge in [-0.1, -0.05) is 31.9 Å². The number of rotatable bonds is 3. The lowest BCUT2D eigenvalue weighted by atomic mass is 9.62. The van der Waals surface area contributed by atoms with Crippen LogP contribution in [0.15, 0.2) is 12.2 Å². The molecule has 0 aromatic carbocycles. The van der Waals surface area contributed by atoms with E-state index in [2.05, 4.69) is 19.1 Å². The summed E-state index contributed by atoms with van der Waals surface area (Å²) in [5.74, 6) is 1.06. The van der Waals surface area contributed by atoms with Crippen molar-refractivity contribution < 1.29 is 14.3 Å². The van der Waals surface area contributed by atoms with Crippen LogP contribution in [0.25, 0.3) is 0 Å². The van der Waals surface area contributed by atoms with Gasteiger partial charge < -0.3 is 4.74 Å². The molecule has 4 nitrogen and oxygen atoms in total. The first-order valence-corrected chi connectivity index (χ1v) is 8.55. The molecular formula is C18H27NO3. The highest BCUT2D eigenvalue weighted by molar-refractivity contribution is 6.05. The normalized spacial score (nSPS) is 41.9. The Morgan fingerprint density at radius 2 is 1.82 bits per heavy atom. The summed E-state index contributed by atoms with van der Waals surface area (Å²) in [4.78, 5) is 26.5. The fraction of sp³-hybridized carbons (Fsp3) is 0.778. The number of nitrogens with zero attached hydrogens (tertiary/aromatic N) is 1. The smallest absolute Gasteiger partial charge is 0.233 e. The average molecular weight is 305 g/mol. The minimum atomic E-state index is -0.155. The van der Waals surface area contributed by atoms with Crippen molar-refractivity contribution in [3.05, 3.63) is 12.2 Å². The van der Waals surface area contributed by atoms with Crippen molar-refractivity contribution in [2.75, 3.05) is 20.8 Å². The van der Waals surface area contributed by atoms with Gasteiger partial charge >= 0.3 is 0 Å². The van der Waals surface area contributed by atoms with E-state index in [1.54, 1.807) is 14.2 Å². The lowest BCUT2D eigenvalue weighted by Crippen LogP contribution is -2.40. The number of fused-ring (bicyclic) bond motifs is 1. The Morgan fingerprint density at radius 3 is 2.55 bits per heavy atom. The van der Waals surface area contributed by atoms with Gasteiger partial charge in [-0.15, -0.1) is 0 Å². The Labute approximate surface area is 132 Å². The van der Waals surface area contributed by atoms with E-state index in [4.69, 9.17) is 4.74 Å².